The van der Waals surface area contributed by atoms with Crippen LogP contribution in [0, 0.1) is 0 Å². The zero-order valence-corrected chi connectivity index (χ0v) is 6.41. The normalized spacial score (nSPS) is 11.4. The number of hydrogen-bond acceptors (Lipinski definition) is 1. The molecule has 0 aliphatic rings. The van der Waals surface area contributed by atoms with Gasteiger partial charge in [0.2, 0.25) is 0 Å². The van der Waals surface area contributed by atoms with Gasteiger partial charge in [-0.05, 0) is 6.92 Å². The molecule has 7 heavy (non-hydrogen) atoms. The molecule has 1 nitrogen and oxygen atoms in total. The van der Waals surface area contributed by atoms with E-state index in [1.165, 1.54) is 0 Å². The van der Waals surface area contributed by atoms with Crippen LogP contribution in [0.2, 0.25) is 19.6 Å². The molecule has 0 unspecified atom stereocenters. The van der Waals surface area contributed by atoms with Gasteiger partial charge in [-0.3, -0.25) is 0 Å². The highest BCUT2D eigenvalue weighted by Gasteiger charge is 2.18. The van der Waals surface area contributed by atoms with E-state index in [4.69, 9.17) is 0 Å². The summed E-state index contributed by atoms with van der Waals surface area (Å²) in [5, 5.41) is 0.382. The average Bonchev–Trinajstić information content (AvgIpc) is 1.31. The van der Waals surface area contributed by atoms with Crippen molar-refractivity contribution in [2.24, 2.45) is 0 Å². The van der Waals surface area contributed by atoms with E-state index in [1.54, 1.807) is 6.92 Å². The van der Waals surface area contributed by atoms with Gasteiger partial charge < -0.3 is 4.79 Å². The predicted octanol–water partition coefficient (Wildman–Crippen LogP) is 1.45. The van der Waals surface area contributed by atoms with Gasteiger partial charge in [-0.1, -0.05) is 19.6 Å². The summed E-state index contributed by atoms with van der Waals surface area (Å²) in [6, 6.07) is 0. The van der Waals surface area contributed by atoms with Gasteiger partial charge in [0.05, 0.1) is 0 Å². The third-order valence-corrected chi connectivity index (χ3v) is 3.17. The SMILES string of the molecule is CC(=O)[Si](C)(C)C. The molecule has 0 aromatic carbocycles. The van der Waals surface area contributed by atoms with Gasteiger partial charge >= 0.3 is 0 Å². The summed E-state index contributed by atoms with van der Waals surface area (Å²) in [6.45, 7) is 7.83. The largest absolute Gasteiger partial charge is 0.306 e. The van der Waals surface area contributed by atoms with Crippen molar-refractivity contribution in [1.82, 2.24) is 0 Å². The minimum atomic E-state index is -1.37. The molecule has 0 aromatic rings. The lowest BCUT2D eigenvalue weighted by molar-refractivity contribution is -0.110. The average molecular weight is 116 g/mol. The molecule has 0 aliphatic heterocycles. The van der Waals surface area contributed by atoms with Crippen molar-refractivity contribution in [3.05, 3.63) is 0 Å². The summed E-state index contributed by atoms with van der Waals surface area (Å²) < 4.78 is 0. The maximum Gasteiger partial charge on any atom is 0.123 e. The minimum absolute atomic E-state index is 0.382. The molecule has 0 aromatic heterocycles. The maximum atomic E-state index is 10.5. The Labute approximate surface area is 45.7 Å². The van der Waals surface area contributed by atoms with Crippen molar-refractivity contribution in [3.63, 3.8) is 0 Å². The lowest BCUT2D eigenvalue weighted by Crippen LogP contribution is -2.30. The van der Waals surface area contributed by atoms with Crippen LogP contribution >= 0.6 is 0 Å². The molecule has 42 valence electrons. The molecule has 0 rings (SSSR count). The molecule has 0 saturated carbocycles. The molecule has 0 fully saturated rings. The van der Waals surface area contributed by atoms with Crippen molar-refractivity contribution in [1.29, 1.82) is 0 Å². The van der Waals surface area contributed by atoms with Crippen molar-refractivity contribution in [2.45, 2.75) is 26.6 Å². The Kier molecular flexibility index (Phi) is 1.75. The third-order valence-electron chi connectivity index (χ3n) is 1.06. The van der Waals surface area contributed by atoms with Crippen molar-refractivity contribution in [2.75, 3.05) is 0 Å². The standard InChI is InChI=1S/C5H12OSi/c1-5(6)7(2,3)4/h1-4H3. The van der Waals surface area contributed by atoms with E-state index in [0.29, 0.717) is 5.41 Å². The Morgan fingerprint density at radius 1 is 1.29 bits per heavy atom. The van der Waals surface area contributed by atoms with Gasteiger partial charge in [0.25, 0.3) is 0 Å². The second kappa shape index (κ2) is 1.78. The predicted molar refractivity (Wildman–Crippen MR) is 34.0 cm³/mol. The Bertz CT molecular complexity index is 80.6. The molecule has 0 radical (unpaired) electrons. The molecule has 2 heteroatoms. The molecule has 0 heterocycles. The topological polar surface area (TPSA) is 17.1 Å². The van der Waals surface area contributed by atoms with E-state index in [-0.39, 0.29) is 0 Å². The lowest BCUT2D eigenvalue weighted by Gasteiger charge is -2.07. The van der Waals surface area contributed by atoms with Gasteiger partial charge in [-0.25, -0.2) is 0 Å². The van der Waals surface area contributed by atoms with Crippen molar-refractivity contribution >= 4 is 13.5 Å². The Balaban J connectivity index is 3.79. The fourth-order valence-electron chi connectivity index (χ4n) is 0. The molecule has 0 saturated heterocycles. The van der Waals surface area contributed by atoms with E-state index in [2.05, 4.69) is 19.6 Å². The molecule has 0 aliphatic carbocycles. The van der Waals surface area contributed by atoms with Crippen LogP contribution in [0.4, 0.5) is 0 Å². The first-order valence-corrected chi connectivity index (χ1v) is 5.95. The zero-order valence-electron chi connectivity index (χ0n) is 5.41. The lowest BCUT2D eigenvalue weighted by atomic mass is 10.9. The summed E-state index contributed by atoms with van der Waals surface area (Å²) in [5.41, 5.74) is 0. The summed E-state index contributed by atoms with van der Waals surface area (Å²) >= 11 is 0. The van der Waals surface area contributed by atoms with Gasteiger partial charge in [0.1, 0.15) is 13.5 Å². The molecule has 0 spiro atoms. The number of carbonyl (C=O) groups is 1. The van der Waals surface area contributed by atoms with Crippen LogP contribution in [-0.2, 0) is 4.79 Å². The van der Waals surface area contributed by atoms with Crippen molar-refractivity contribution < 1.29 is 4.79 Å². The van der Waals surface area contributed by atoms with E-state index in [1.807, 2.05) is 0 Å². The highest BCUT2D eigenvalue weighted by Crippen LogP contribution is 1.99. The van der Waals surface area contributed by atoms with Crippen LogP contribution in [0.15, 0.2) is 0 Å². The number of carbonyl (C=O) groups excluding carboxylic acids is 1. The Hall–Kier alpha value is -0.113. The first-order chi connectivity index (χ1) is 2.94. The maximum absolute atomic E-state index is 10.5. The second-order valence-corrected chi connectivity index (χ2v) is 8.01. The molecular weight excluding hydrogens is 104 g/mol. The van der Waals surface area contributed by atoms with Gasteiger partial charge in [-0.2, -0.15) is 0 Å². The highest BCUT2D eigenvalue weighted by atomic mass is 28.3. The monoisotopic (exact) mass is 116 g/mol. The van der Waals surface area contributed by atoms with Crippen LogP contribution in [0.1, 0.15) is 6.92 Å². The van der Waals surface area contributed by atoms with Gasteiger partial charge in [-0.15, -0.1) is 0 Å². The fraction of sp³-hybridized carbons (Fsp3) is 0.800. The van der Waals surface area contributed by atoms with E-state index < -0.39 is 8.07 Å². The number of rotatable bonds is 1. The summed E-state index contributed by atoms with van der Waals surface area (Å²) in [7, 11) is -1.37. The summed E-state index contributed by atoms with van der Waals surface area (Å²) in [6.07, 6.45) is 0. The van der Waals surface area contributed by atoms with Gasteiger partial charge in [0, 0.05) is 0 Å². The molecular formula is C5H12OSi. The molecule has 0 bridgehead atoms. The number of hydrogen-bond donors (Lipinski definition) is 0. The van der Waals surface area contributed by atoms with Crippen LogP contribution in [-0.4, -0.2) is 13.5 Å². The zero-order chi connectivity index (χ0) is 6.08. The van der Waals surface area contributed by atoms with E-state index in [9.17, 15) is 4.79 Å². The fourth-order valence-corrected chi connectivity index (χ4v) is 0. The molecule has 0 N–H and O–H groups in total. The van der Waals surface area contributed by atoms with Crippen LogP contribution in [0.5, 0.6) is 0 Å². The van der Waals surface area contributed by atoms with E-state index in [0.717, 1.165) is 0 Å². The highest BCUT2D eigenvalue weighted by molar-refractivity contribution is 7.03. The van der Waals surface area contributed by atoms with Crippen LogP contribution in [0.25, 0.3) is 0 Å². The molecule has 0 amide bonds. The first kappa shape index (κ1) is 6.89. The second-order valence-electron chi connectivity index (χ2n) is 2.81. The quantitative estimate of drug-likeness (QED) is 0.474. The first-order valence-electron chi connectivity index (χ1n) is 2.45. The van der Waals surface area contributed by atoms with Crippen LogP contribution in [0.3, 0.4) is 0 Å². The van der Waals surface area contributed by atoms with Crippen LogP contribution < -0.4 is 0 Å². The van der Waals surface area contributed by atoms with Gasteiger partial charge in [0.15, 0.2) is 0 Å². The Morgan fingerprint density at radius 3 is 1.43 bits per heavy atom. The smallest absolute Gasteiger partial charge is 0.123 e. The third kappa shape index (κ3) is 2.57. The minimum Gasteiger partial charge on any atom is -0.306 e. The van der Waals surface area contributed by atoms with E-state index >= 15 is 0 Å². The summed E-state index contributed by atoms with van der Waals surface area (Å²) in [5.74, 6) is 0. The molecule has 0 atom stereocenters. The Morgan fingerprint density at radius 2 is 1.43 bits per heavy atom. The van der Waals surface area contributed by atoms with Crippen molar-refractivity contribution in [3.8, 4) is 0 Å². The summed E-state index contributed by atoms with van der Waals surface area (Å²) in [4.78, 5) is 10.5.